The number of ether oxygens (including phenoxy) is 1. The average molecular weight is 421 g/mol. The Balaban J connectivity index is 2.11. The summed E-state index contributed by atoms with van der Waals surface area (Å²) >= 11 is 23.0. The van der Waals surface area contributed by atoms with Crippen LogP contribution in [0.15, 0.2) is 42.5 Å². The molecule has 25 heavy (non-hydrogen) atoms. The monoisotopic (exact) mass is 419 g/mol. The molecule has 9 heteroatoms. The average Bonchev–Trinajstić information content (AvgIpc) is 2.54. The Labute approximate surface area is 165 Å². The van der Waals surface area contributed by atoms with E-state index in [0.29, 0.717) is 0 Å². The number of thiocarbonyl (C=S) groups is 1. The number of anilines is 1. The highest BCUT2D eigenvalue weighted by Gasteiger charge is 2.35. The van der Waals surface area contributed by atoms with Crippen LogP contribution in [0.25, 0.3) is 10.8 Å². The zero-order valence-electron chi connectivity index (χ0n) is 13.2. The molecule has 0 unspecified atom stereocenters. The third-order valence-corrected chi connectivity index (χ3v) is 4.05. The van der Waals surface area contributed by atoms with Crippen molar-refractivity contribution in [3.8, 4) is 0 Å². The molecular formula is C16H16Cl3N3O2S. The molecule has 0 radical (unpaired) electrons. The Hall–Kier alpha value is -1.47. The number of halogens is 3. The van der Waals surface area contributed by atoms with Gasteiger partial charge in [-0.3, -0.25) is 5.32 Å². The Morgan fingerprint density at radius 1 is 1.16 bits per heavy atom. The zero-order chi connectivity index (χ0) is 18.4. The highest BCUT2D eigenvalue weighted by Crippen LogP contribution is 2.29. The van der Waals surface area contributed by atoms with E-state index in [1.807, 2.05) is 42.5 Å². The second-order valence-corrected chi connectivity index (χ2v) is 7.74. The van der Waals surface area contributed by atoms with Gasteiger partial charge in [0.15, 0.2) is 11.3 Å². The molecule has 0 aliphatic carbocycles. The molecule has 0 saturated heterocycles. The summed E-state index contributed by atoms with van der Waals surface area (Å²) in [6.07, 6.45) is -1.80. The highest BCUT2D eigenvalue weighted by molar-refractivity contribution is 7.80. The molecule has 2 aromatic carbocycles. The number of nitrogens with one attached hydrogen (secondary N) is 3. The van der Waals surface area contributed by atoms with Crippen LogP contribution in [0, 0.1) is 0 Å². The van der Waals surface area contributed by atoms with Crippen molar-refractivity contribution in [2.45, 2.75) is 16.9 Å². The molecule has 1 amide bonds. The summed E-state index contributed by atoms with van der Waals surface area (Å²) in [7, 11) is 0. The standard InChI is InChI=1S/C16H16Cl3N3O2S/c1-2-24-15(23)22-13(16(17,18)19)21-14(25)20-12-9-5-7-10-6-3-4-8-11(10)12/h3-9,13H,2H2,1H3,(H,22,23)(H2,20,21,25)/t13-/m1/s1. The minimum Gasteiger partial charge on any atom is -0.450 e. The molecule has 0 saturated carbocycles. The normalized spacial score (nSPS) is 12.3. The van der Waals surface area contributed by atoms with Crippen LogP contribution >= 0.6 is 47.0 Å². The second-order valence-electron chi connectivity index (χ2n) is 4.96. The Kier molecular flexibility index (Phi) is 6.95. The summed E-state index contributed by atoms with van der Waals surface area (Å²) in [6, 6.07) is 13.6. The lowest BCUT2D eigenvalue weighted by atomic mass is 10.1. The molecule has 1 atom stereocenters. The maximum Gasteiger partial charge on any atom is 0.408 e. The number of carbonyl (C=O) groups excluding carboxylic acids is 1. The third kappa shape index (κ3) is 5.78. The lowest BCUT2D eigenvalue weighted by molar-refractivity contribution is 0.147. The fourth-order valence-electron chi connectivity index (χ4n) is 2.11. The van der Waals surface area contributed by atoms with Gasteiger partial charge in [-0.05, 0) is 30.6 Å². The summed E-state index contributed by atoms with van der Waals surface area (Å²) in [4.78, 5) is 11.6. The van der Waals surface area contributed by atoms with Crippen molar-refractivity contribution >= 4 is 74.7 Å². The SMILES string of the molecule is CCOC(=O)N[C@@H](NC(=S)Nc1cccc2ccccc12)C(Cl)(Cl)Cl. The van der Waals surface area contributed by atoms with Crippen molar-refractivity contribution in [3.63, 3.8) is 0 Å². The van der Waals surface area contributed by atoms with Gasteiger partial charge in [0.25, 0.3) is 0 Å². The van der Waals surface area contributed by atoms with E-state index in [1.165, 1.54) is 0 Å². The molecular weight excluding hydrogens is 405 g/mol. The summed E-state index contributed by atoms with van der Waals surface area (Å²) in [5, 5.41) is 10.5. The highest BCUT2D eigenvalue weighted by atomic mass is 35.6. The van der Waals surface area contributed by atoms with Crippen molar-refractivity contribution < 1.29 is 9.53 Å². The fourth-order valence-corrected chi connectivity index (χ4v) is 2.67. The zero-order valence-corrected chi connectivity index (χ0v) is 16.3. The molecule has 0 bridgehead atoms. The van der Waals surface area contributed by atoms with Gasteiger partial charge in [0.2, 0.25) is 3.79 Å². The molecule has 0 heterocycles. The Morgan fingerprint density at radius 2 is 1.84 bits per heavy atom. The van der Waals surface area contributed by atoms with Gasteiger partial charge in [-0.15, -0.1) is 0 Å². The smallest absolute Gasteiger partial charge is 0.408 e. The molecule has 134 valence electrons. The van der Waals surface area contributed by atoms with Crippen LogP contribution in [0.3, 0.4) is 0 Å². The number of carbonyl (C=O) groups is 1. The van der Waals surface area contributed by atoms with E-state index in [9.17, 15) is 4.79 Å². The van der Waals surface area contributed by atoms with Crippen LogP contribution in [0.1, 0.15) is 6.92 Å². The van der Waals surface area contributed by atoms with E-state index < -0.39 is 16.1 Å². The topological polar surface area (TPSA) is 62.4 Å². The quantitative estimate of drug-likeness (QED) is 0.384. The lowest BCUT2D eigenvalue weighted by Crippen LogP contribution is -2.56. The van der Waals surface area contributed by atoms with E-state index in [-0.39, 0.29) is 11.7 Å². The van der Waals surface area contributed by atoms with Gasteiger partial charge in [0, 0.05) is 11.1 Å². The van der Waals surface area contributed by atoms with Gasteiger partial charge in [0.1, 0.15) is 0 Å². The van der Waals surface area contributed by atoms with Gasteiger partial charge in [-0.1, -0.05) is 71.2 Å². The molecule has 2 aromatic rings. The molecule has 0 fully saturated rings. The van der Waals surface area contributed by atoms with Gasteiger partial charge < -0.3 is 15.4 Å². The van der Waals surface area contributed by atoms with E-state index >= 15 is 0 Å². The summed E-state index contributed by atoms with van der Waals surface area (Å²) in [5.74, 6) is 0. The lowest BCUT2D eigenvalue weighted by Gasteiger charge is -2.27. The van der Waals surface area contributed by atoms with Crippen LogP contribution in [-0.2, 0) is 4.74 Å². The number of benzene rings is 2. The number of hydrogen-bond acceptors (Lipinski definition) is 3. The summed E-state index contributed by atoms with van der Waals surface area (Å²) in [6.45, 7) is 1.86. The van der Waals surface area contributed by atoms with Crippen molar-refractivity contribution in [2.75, 3.05) is 11.9 Å². The van der Waals surface area contributed by atoms with E-state index in [1.54, 1.807) is 6.92 Å². The minimum absolute atomic E-state index is 0.185. The van der Waals surface area contributed by atoms with Crippen LogP contribution in [0.4, 0.5) is 10.5 Å². The van der Waals surface area contributed by atoms with Gasteiger partial charge in [-0.2, -0.15) is 0 Å². The van der Waals surface area contributed by atoms with E-state index in [2.05, 4.69) is 16.0 Å². The third-order valence-electron chi connectivity index (χ3n) is 3.18. The van der Waals surface area contributed by atoms with Crippen molar-refractivity contribution in [1.29, 1.82) is 0 Å². The van der Waals surface area contributed by atoms with Crippen molar-refractivity contribution in [3.05, 3.63) is 42.5 Å². The van der Waals surface area contributed by atoms with Crippen LogP contribution in [0.2, 0.25) is 0 Å². The predicted octanol–water partition coefficient (Wildman–Crippen LogP) is 4.57. The first kappa shape index (κ1) is 19.8. The Bertz CT molecular complexity index is 762. The van der Waals surface area contributed by atoms with Gasteiger partial charge in [0.05, 0.1) is 6.61 Å². The van der Waals surface area contributed by atoms with Gasteiger partial charge in [-0.25, -0.2) is 4.79 Å². The number of alkyl carbamates (subject to hydrolysis) is 1. The summed E-state index contributed by atoms with van der Waals surface area (Å²) < 4.78 is 2.96. The molecule has 2 rings (SSSR count). The van der Waals surface area contributed by atoms with Crippen molar-refractivity contribution in [2.24, 2.45) is 0 Å². The van der Waals surface area contributed by atoms with Crippen LogP contribution < -0.4 is 16.0 Å². The number of hydrogen-bond donors (Lipinski definition) is 3. The molecule has 5 nitrogen and oxygen atoms in total. The van der Waals surface area contributed by atoms with Gasteiger partial charge >= 0.3 is 6.09 Å². The number of fused-ring (bicyclic) bond motifs is 1. The first-order valence-electron chi connectivity index (χ1n) is 7.36. The molecule has 0 aliphatic rings. The van der Waals surface area contributed by atoms with Crippen molar-refractivity contribution in [1.82, 2.24) is 10.6 Å². The molecule has 0 spiro atoms. The van der Waals surface area contributed by atoms with E-state index in [4.69, 9.17) is 51.8 Å². The summed E-state index contributed by atoms with van der Waals surface area (Å²) in [5.41, 5.74) is 0.787. The first-order chi connectivity index (χ1) is 11.8. The maximum atomic E-state index is 11.6. The fraction of sp³-hybridized carbons (Fsp3) is 0.250. The molecule has 0 aliphatic heterocycles. The maximum absolute atomic E-state index is 11.6. The van der Waals surface area contributed by atoms with Crippen LogP contribution in [-0.4, -0.2) is 27.8 Å². The van der Waals surface area contributed by atoms with E-state index in [0.717, 1.165) is 16.5 Å². The largest absolute Gasteiger partial charge is 0.450 e. The molecule has 0 aromatic heterocycles. The predicted molar refractivity (Wildman–Crippen MR) is 108 cm³/mol. The molecule has 3 N–H and O–H groups in total. The number of alkyl halides is 3. The number of rotatable bonds is 4. The first-order valence-corrected chi connectivity index (χ1v) is 8.90. The van der Waals surface area contributed by atoms with Crippen LogP contribution in [0.5, 0.6) is 0 Å². The second kappa shape index (κ2) is 8.76. The minimum atomic E-state index is -1.84. The Morgan fingerprint density at radius 3 is 2.52 bits per heavy atom. The number of amides is 1.